The molecule has 2 heterocycles. The summed E-state index contributed by atoms with van der Waals surface area (Å²) in [6, 6.07) is 3.54. The molecule has 104 valence electrons. The van der Waals surface area contributed by atoms with Crippen LogP contribution in [-0.4, -0.2) is 59.4 Å². The molecule has 3 amide bonds. The minimum absolute atomic E-state index is 0.00128. The van der Waals surface area contributed by atoms with E-state index in [1.165, 1.54) is 0 Å². The van der Waals surface area contributed by atoms with Crippen LogP contribution in [0, 0.1) is 0 Å². The lowest BCUT2D eigenvalue weighted by Gasteiger charge is -2.34. The number of H-pyrrole nitrogens is 1. The molecule has 6 nitrogen and oxygen atoms in total. The smallest absolute Gasteiger partial charge is 0.317 e. The second kappa shape index (κ2) is 6.26. The molecule has 0 radical (unpaired) electrons. The van der Waals surface area contributed by atoms with Gasteiger partial charge in [-0.3, -0.25) is 4.79 Å². The summed E-state index contributed by atoms with van der Waals surface area (Å²) in [6.45, 7) is 5.05. The first kappa shape index (κ1) is 13.5. The van der Waals surface area contributed by atoms with Crippen LogP contribution in [0.25, 0.3) is 0 Å². The van der Waals surface area contributed by atoms with Gasteiger partial charge >= 0.3 is 6.03 Å². The van der Waals surface area contributed by atoms with Crippen molar-refractivity contribution < 1.29 is 9.59 Å². The van der Waals surface area contributed by atoms with E-state index in [1.54, 1.807) is 22.1 Å². The third-order valence-electron chi connectivity index (χ3n) is 3.21. The Balaban J connectivity index is 1.82. The topological polar surface area (TPSA) is 68.4 Å². The number of urea groups is 1. The van der Waals surface area contributed by atoms with Crippen molar-refractivity contribution in [1.82, 2.24) is 20.1 Å². The molecule has 0 spiro atoms. The first-order valence-corrected chi connectivity index (χ1v) is 6.68. The number of nitrogens with zero attached hydrogens (tertiary/aromatic N) is 2. The molecule has 0 bridgehead atoms. The lowest BCUT2D eigenvalue weighted by Crippen LogP contribution is -2.53. The number of aromatic amines is 1. The van der Waals surface area contributed by atoms with Gasteiger partial charge in [0.05, 0.1) is 0 Å². The van der Waals surface area contributed by atoms with Gasteiger partial charge in [0.25, 0.3) is 5.91 Å². The Bertz CT molecular complexity index is 422. The van der Waals surface area contributed by atoms with Gasteiger partial charge in [-0.05, 0) is 18.6 Å². The maximum atomic E-state index is 12.1. The number of carbonyl (C=O) groups excluding carboxylic acids is 2. The molecule has 0 aliphatic carbocycles. The normalized spacial score (nSPS) is 15.4. The Kier molecular flexibility index (Phi) is 4.43. The van der Waals surface area contributed by atoms with Crippen molar-refractivity contribution in [1.29, 1.82) is 0 Å². The van der Waals surface area contributed by atoms with Crippen molar-refractivity contribution in [3.63, 3.8) is 0 Å². The molecular weight excluding hydrogens is 244 g/mol. The molecule has 0 unspecified atom stereocenters. The van der Waals surface area contributed by atoms with E-state index in [0.717, 1.165) is 6.42 Å². The predicted octanol–water partition coefficient (Wildman–Crippen LogP) is 0.892. The Morgan fingerprint density at radius 1 is 1.26 bits per heavy atom. The second-order valence-corrected chi connectivity index (χ2v) is 4.59. The molecule has 1 aliphatic heterocycles. The number of hydrogen-bond donors (Lipinski definition) is 2. The highest BCUT2D eigenvalue weighted by Gasteiger charge is 2.24. The Hall–Kier alpha value is -1.98. The number of carbonyl (C=O) groups is 2. The molecule has 2 rings (SSSR count). The molecule has 1 aromatic heterocycles. The summed E-state index contributed by atoms with van der Waals surface area (Å²) in [6.07, 6.45) is 2.67. The quantitative estimate of drug-likeness (QED) is 0.851. The van der Waals surface area contributed by atoms with Crippen molar-refractivity contribution in [2.24, 2.45) is 0 Å². The van der Waals surface area contributed by atoms with Crippen LogP contribution in [0.5, 0.6) is 0 Å². The third kappa shape index (κ3) is 3.27. The lowest BCUT2D eigenvalue weighted by molar-refractivity contribution is 0.0660. The van der Waals surface area contributed by atoms with E-state index in [-0.39, 0.29) is 11.9 Å². The van der Waals surface area contributed by atoms with Gasteiger partial charge in [-0.15, -0.1) is 0 Å². The maximum absolute atomic E-state index is 12.1. The summed E-state index contributed by atoms with van der Waals surface area (Å²) in [4.78, 5) is 30.3. The predicted molar refractivity (Wildman–Crippen MR) is 72.0 cm³/mol. The van der Waals surface area contributed by atoms with Crippen LogP contribution in [0.1, 0.15) is 23.8 Å². The number of rotatable bonds is 3. The zero-order valence-electron chi connectivity index (χ0n) is 11.2. The van der Waals surface area contributed by atoms with E-state index in [0.29, 0.717) is 38.4 Å². The molecule has 19 heavy (non-hydrogen) atoms. The van der Waals surface area contributed by atoms with E-state index in [9.17, 15) is 9.59 Å². The van der Waals surface area contributed by atoms with Gasteiger partial charge in [-0.25, -0.2) is 4.79 Å². The standard InChI is InChI=1S/C13H20N4O2/c1-2-5-15-13(19)17-9-7-16(8-10-17)12(18)11-4-3-6-14-11/h3-4,6,14H,2,5,7-10H2,1H3,(H,15,19). The van der Waals surface area contributed by atoms with Crippen molar-refractivity contribution in [3.8, 4) is 0 Å². The molecule has 1 fully saturated rings. The Morgan fingerprint density at radius 3 is 2.53 bits per heavy atom. The molecule has 0 atom stereocenters. The zero-order chi connectivity index (χ0) is 13.7. The minimum Gasteiger partial charge on any atom is -0.357 e. The highest BCUT2D eigenvalue weighted by atomic mass is 16.2. The van der Waals surface area contributed by atoms with Gasteiger partial charge in [-0.1, -0.05) is 6.92 Å². The van der Waals surface area contributed by atoms with Crippen LogP contribution in [-0.2, 0) is 0 Å². The largest absolute Gasteiger partial charge is 0.357 e. The van der Waals surface area contributed by atoms with Crippen molar-refractivity contribution in [2.45, 2.75) is 13.3 Å². The fourth-order valence-corrected chi connectivity index (χ4v) is 2.09. The number of nitrogens with one attached hydrogen (secondary N) is 2. The third-order valence-corrected chi connectivity index (χ3v) is 3.21. The monoisotopic (exact) mass is 264 g/mol. The zero-order valence-corrected chi connectivity index (χ0v) is 11.2. The molecule has 0 saturated carbocycles. The van der Waals surface area contributed by atoms with Crippen molar-refractivity contribution >= 4 is 11.9 Å². The van der Waals surface area contributed by atoms with Crippen molar-refractivity contribution in [2.75, 3.05) is 32.7 Å². The minimum atomic E-state index is -0.0335. The first-order chi connectivity index (χ1) is 9.22. The van der Waals surface area contributed by atoms with Crippen LogP contribution in [0.4, 0.5) is 4.79 Å². The molecule has 0 aromatic carbocycles. The van der Waals surface area contributed by atoms with Crippen LogP contribution in [0.15, 0.2) is 18.3 Å². The van der Waals surface area contributed by atoms with Gasteiger partial charge < -0.3 is 20.1 Å². The Labute approximate surface area is 112 Å². The SMILES string of the molecule is CCCNC(=O)N1CCN(C(=O)c2ccc[nH]2)CC1. The highest BCUT2D eigenvalue weighted by Crippen LogP contribution is 2.07. The summed E-state index contributed by atoms with van der Waals surface area (Å²) < 4.78 is 0. The van der Waals surface area contributed by atoms with Crippen LogP contribution in [0.2, 0.25) is 0 Å². The number of aromatic nitrogens is 1. The van der Waals surface area contributed by atoms with Crippen LogP contribution >= 0.6 is 0 Å². The fraction of sp³-hybridized carbons (Fsp3) is 0.538. The highest BCUT2D eigenvalue weighted by molar-refractivity contribution is 5.92. The van der Waals surface area contributed by atoms with E-state index in [2.05, 4.69) is 10.3 Å². The summed E-state index contributed by atoms with van der Waals surface area (Å²) in [7, 11) is 0. The lowest BCUT2D eigenvalue weighted by atomic mass is 10.3. The maximum Gasteiger partial charge on any atom is 0.317 e. The van der Waals surface area contributed by atoms with Crippen LogP contribution < -0.4 is 5.32 Å². The first-order valence-electron chi connectivity index (χ1n) is 6.68. The summed E-state index contributed by atoms with van der Waals surface area (Å²) in [5.41, 5.74) is 0.601. The molecule has 1 aliphatic rings. The van der Waals surface area contributed by atoms with Gasteiger partial charge in [-0.2, -0.15) is 0 Å². The second-order valence-electron chi connectivity index (χ2n) is 4.59. The van der Waals surface area contributed by atoms with Crippen LogP contribution in [0.3, 0.4) is 0 Å². The number of piperazine rings is 1. The molecule has 2 N–H and O–H groups in total. The summed E-state index contributed by atoms with van der Waals surface area (Å²) in [5, 5.41) is 2.85. The van der Waals surface area contributed by atoms with E-state index in [4.69, 9.17) is 0 Å². The van der Waals surface area contributed by atoms with E-state index < -0.39 is 0 Å². The van der Waals surface area contributed by atoms with E-state index >= 15 is 0 Å². The molecular formula is C13H20N4O2. The molecule has 1 saturated heterocycles. The van der Waals surface area contributed by atoms with Gasteiger partial charge in [0.2, 0.25) is 0 Å². The molecule has 6 heteroatoms. The number of hydrogen-bond acceptors (Lipinski definition) is 2. The summed E-state index contributed by atoms with van der Waals surface area (Å²) >= 11 is 0. The van der Waals surface area contributed by atoms with Crippen molar-refractivity contribution in [3.05, 3.63) is 24.0 Å². The number of amides is 3. The van der Waals surface area contributed by atoms with E-state index in [1.807, 2.05) is 13.0 Å². The average Bonchev–Trinajstić information content (AvgIpc) is 2.98. The Morgan fingerprint density at radius 2 is 1.95 bits per heavy atom. The average molecular weight is 264 g/mol. The van der Waals surface area contributed by atoms with Gasteiger partial charge in [0.15, 0.2) is 0 Å². The fourth-order valence-electron chi connectivity index (χ4n) is 2.09. The van der Waals surface area contributed by atoms with Gasteiger partial charge in [0, 0.05) is 38.9 Å². The molecule has 1 aromatic rings. The van der Waals surface area contributed by atoms with Gasteiger partial charge in [0.1, 0.15) is 5.69 Å². The summed E-state index contributed by atoms with van der Waals surface area (Å²) in [5.74, 6) is -0.00128.